The summed E-state index contributed by atoms with van der Waals surface area (Å²) in [6.07, 6.45) is 1.63. The van der Waals surface area contributed by atoms with E-state index in [4.69, 9.17) is 4.74 Å². The number of para-hydroxylation sites is 2. The third kappa shape index (κ3) is 2.65. The van der Waals surface area contributed by atoms with E-state index >= 15 is 0 Å². The molecule has 0 bridgehead atoms. The molecule has 5 nitrogen and oxygen atoms in total. The molecule has 2 rings (SSSR count). The Bertz CT molecular complexity index is 602. The summed E-state index contributed by atoms with van der Waals surface area (Å²) in [4.78, 5) is 14.4. The van der Waals surface area contributed by atoms with Gasteiger partial charge in [0.05, 0.1) is 9.40 Å². The lowest BCUT2D eigenvalue weighted by atomic mass is 10.3. The smallest absolute Gasteiger partial charge is 0.311 e. The lowest BCUT2D eigenvalue weighted by Crippen LogP contribution is -1.95. The topological polar surface area (TPSA) is 65.3 Å². The van der Waals surface area contributed by atoms with Crippen molar-refractivity contribution in [2.75, 3.05) is 0 Å². The molecule has 0 fully saturated rings. The second kappa shape index (κ2) is 5.14. The molecule has 6 heteroatoms. The molecular weight excluding hydrogens is 300 g/mol. The molecule has 0 aliphatic rings. The lowest BCUT2D eigenvalue weighted by molar-refractivity contribution is -0.385. The van der Waals surface area contributed by atoms with Crippen LogP contribution in [-0.4, -0.2) is 9.91 Å². The van der Waals surface area contributed by atoms with Gasteiger partial charge in [-0.1, -0.05) is 12.1 Å². The standard InChI is InChI=1S/C12H9BrN2O3/c1-8-6-9(13)12(14-7-8)18-11-5-3-2-4-10(11)15(16)17/h2-7H,1H3. The number of aromatic nitrogens is 1. The zero-order valence-electron chi connectivity index (χ0n) is 9.46. The predicted molar refractivity (Wildman–Crippen MR) is 69.8 cm³/mol. The van der Waals surface area contributed by atoms with Crippen molar-refractivity contribution in [2.24, 2.45) is 0 Å². The molecule has 2 aromatic rings. The number of rotatable bonds is 3. The second-order valence-corrected chi connectivity index (χ2v) is 4.48. The monoisotopic (exact) mass is 308 g/mol. The van der Waals surface area contributed by atoms with Crippen LogP contribution in [0.3, 0.4) is 0 Å². The number of aryl methyl sites for hydroxylation is 1. The molecule has 0 saturated carbocycles. The van der Waals surface area contributed by atoms with Crippen LogP contribution in [0.1, 0.15) is 5.56 Å². The highest BCUT2D eigenvalue weighted by atomic mass is 79.9. The van der Waals surface area contributed by atoms with Crippen LogP contribution in [0.4, 0.5) is 5.69 Å². The Labute approximate surface area is 112 Å². The van der Waals surface area contributed by atoms with Crippen molar-refractivity contribution in [3.63, 3.8) is 0 Å². The summed E-state index contributed by atoms with van der Waals surface area (Å²) in [5, 5.41) is 10.8. The largest absolute Gasteiger partial charge is 0.431 e. The lowest BCUT2D eigenvalue weighted by Gasteiger charge is -2.07. The van der Waals surface area contributed by atoms with Crippen LogP contribution in [0.25, 0.3) is 0 Å². The number of ether oxygens (including phenoxy) is 1. The van der Waals surface area contributed by atoms with E-state index in [2.05, 4.69) is 20.9 Å². The zero-order chi connectivity index (χ0) is 13.1. The first-order valence-electron chi connectivity index (χ1n) is 5.11. The van der Waals surface area contributed by atoms with Crippen LogP contribution in [0.2, 0.25) is 0 Å². The Balaban J connectivity index is 2.37. The average molecular weight is 309 g/mol. The molecule has 0 spiro atoms. The van der Waals surface area contributed by atoms with E-state index < -0.39 is 4.92 Å². The minimum absolute atomic E-state index is 0.0909. The second-order valence-electron chi connectivity index (χ2n) is 3.63. The van der Waals surface area contributed by atoms with Gasteiger partial charge in [-0.25, -0.2) is 4.98 Å². The Kier molecular flexibility index (Phi) is 3.57. The third-order valence-electron chi connectivity index (χ3n) is 2.21. The summed E-state index contributed by atoms with van der Waals surface area (Å²) < 4.78 is 6.11. The van der Waals surface area contributed by atoms with E-state index in [1.807, 2.05) is 13.0 Å². The van der Waals surface area contributed by atoms with Crippen molar-refractivity contribution >= 4 is 21.6 Å². The molecule has 0 radical (unpaired) electrons. The molecule has 0 amide bonds. The summed E-state index contributed by atoms with van der Waals surface area (Å²) in [6.45, 7) is 1.90. The van der Waals surface area contributed by atoms with Crippen molar-refractivity contribution in [3.8, 4) is 11.6 Å². The Morgan fingerprint density at radius 3 is 2.78 bits per heavy atom. The highest BCUT2D eigenvalue weighted by Gasteiger charge is 2.16. The summed E-state index contributed by atoms with van der Waals surface area (Å²) in [6, 6.07) is 8.01. The summed E-state index contributed by atoms with van der Waals surface area (Å²) in [7, 11) is 0. The molecule has 18 heavy (non-hydrogen) atoms. The van der Waals surface area contributed by atoms with Crippen LogP contribution in [-0.2, 0) is 0 Å². The normalized spacial score (nSPS) is 10.1. The molecule has 0 unspecified atom stereocenters. The van der Waals surface area contributed by atoms with Gasteiger partial charge in [0.1, 0.15) is 0 Å². The van der Waals surface area contributed by atoms with Gasteiger partial charge >= 0.3 is 5.69 Å². The van der Waals surface area contributed by atoms with Gasteiger partial charge in [0.15, 0.2) is 0 Å². The number of nitro benzene ring substituents is 1. The van der Waals surface area contributed by atoms with Gasteiger partial charge in [-0.15, -0.1) is 0 Å². The first-order chi connectivity index (χ1) is 8.58. The SMILES string of the molecule is Cc1cnc(Oc2ccccc2[N+](=O)[O-])c(Br)c1. The Morgan fingerprint density at radius 2 is 2.11 bits per heavy atom. The number of benzene rings is 1. The van der Waals surface area contributed by atoms with Gasteiger partial charge < -0.3 is 4.74 Å². The highest BCUT2D eigenvalue weighted by molar-refractivity contribution is 9.10. The molecular formula is C12H9BrN2O3. The first-order valence-corrected chi connectivity index (χ1v) is 5.90. The molecule has 0 N–H and O–H groups in total. The van der Waals surface area contributed by atoms with Gasteiger partial charge in [-0.2, -0.15) is 0 Å². The molecule has 0 aliphatic heterocycles. The van der Waals surface area contributed by atoms with Crippen LogP contribution in [0, 0.1) is 17.0 Å². The van der Waals surface area contributed by atoms with Crippen molar-refractivity contribution in [1.29, 1.82) is 0 Å². The van der Waals surface area contributed by atoms with Crippen molar-refractivity contribution < 1.29 is 9.66 Å². The quantitative estimate of drug-likeness (QED) is 0.638. The highest BCUT2D eigenvalue weighted by Crippen LogP contribution is 2.33. The van der Waals surface area contributed by atoms with Crippen LogP contribution >= 0.6 is 15.9 Å². The first kappa shape index (κ1) is 12.5. The van der Waals surface area contributed by atoms with Gasteiger partial charge in [0.25, 0.3) is 0 Å². The summed E-state index contributed by atoms with van der Waals surface area (Å²) >= 11 is 3.31. The van der Waals surface area contributed by atoms with Crippen molar-refractivity contribution in [1.82, 2.24) is 4.98 Å². The van der Waals surface area contributed by atoms with Crippen LogP contribution in [0.15, 0.2) is 41.0 Å². The predicted octanol–water partition coefficient (Wildman–Crippen LogP) is 3.85. The van der Waals surface area contributed by atoms with E-state index in [1.54, 1.807) is 18.3 Å². The van der Waals surface area contributed by atoms with Crippen molar-refractivity contribution in [2.45, 2.75) is 6.92 Å². The maximum Gasteiger partial charge on any atom is 0.311 e. The number of hydrogen-bond acceptors (Lipinski definition) is 4. The fraction of sp³-hybridized carbons (Fsp3) is 0.0833. The molecule has 92 valence electrons. The van der Waals surface area contributed by atoms with E-state index in [0.717, 1.165) is 5.56 Å². The van der Waals surface area contributed by atoms with Crippen LogP contribution in [0.5, 0.6) is 11.6 Å². The number of halogens is 1. The fourth-order valence-corrected chi connectivity index (χ4v) is 1.94. The minimum atomic E-state index is -0.489. The maximum absolute atomic E-state index is 10.8. The van der Waals surface area contributed by atoms with Crippen molar-refractivity contribution in [3.05, 3.63) is 56.7 Å². The molecule has 0 aliphatic carbocycles. The number of hydrogen-bond donors (Lipinski definition) is 0. The summed E-state index contributed by atoms with van der Waals surface area (Å²) in [5.41, 5.74) is 0.878. The molecule has 1 aromatic heterocycles. The average Bonchev–Trinajstić information content (AvgIpc) is 2.33. The molecule has 1 heterocycles. The molecule has 0 saturated heterocycles. The number of pyridine rings is 1. The van der Waals surface area contributed by atoms with E-state index in [0.29, 0.717) is 10.4 Å². The minimum Gasteiger partial charge on any atom is -0.431 e. The maximum atomic E-state index is 10.8. The van der Waals surface area contributed by atoms with Gasteiger partial charge in [0.2, 0.25) is 11.6 Å². The number of nitro groups is 1. The Morgan fingerprint density at radius 1 is 1.39 bits per heavy atom. The third-order valence-corrected chi connectivity index (χ3v) is 2.78. The van der Waals surface area contributed by atoms with E-state index in [9.17, 15) is 10.1 Å². The molecule has 1 aromatic carbocycles. The van der Waals surface area contributed by atoms with E-state index in [1.165, 1.54) is 12.1 Å². The fourth-order valence-electron chi connectivity index (χ4n) is 1.39. The summed E-state index contributed by atoms with van der Waals surface area (Å²) in [5.74, 6) is 0.467. The number of nitrogens with zero attached hydrogens (tertiary/aromatic N) is 2. The molecule has 0 atom stereocenters. The zero-order valence-corrected chi connectivity index (χ0v) is 11.0. The van der Waals surface area contributed by atoms with E-state index in [-0.39, 0.29) is 11.4 Å². The van der Waals surface area contributed by atoms with Gasteiger partial charge in [0, 0.05) is 12.3 Å². The van der Waals surface area contributed by atoms with Gasteiger partial charge in [-0.05, 0) is 40.5 Å². The van der Waals surface area contributed by atoms with Gasteiger partial charge in [-0.3, -0.25) is 10.1 Å². The van der Waals surface area contributed by atoms with Crippen LogP contribution < -0.4 is 4.74 Å². The Hall–Kier alpha value is -1.95.